The molecule has 136 valence electrons. The zero-order valence-corrected chi connectivity index (χ0v) is 16.6. The summed E-state index contributed by atoms with van der Waals surface area (Å²) in [7, 11) is 1.74. The summed E-state index contributed by atoms with van der Waals surface area (Å²) in [4.78, 5) is 14.4. The van der Waals surface area contributed by atoms with Crippen LogP contribution in [0.2, 0.25) is 0 Å². The molecule has 0 aromatic rings. The van der Waals surface area contributed by atoms with Crippen molar-refractivity contribution in [2.24, 2.45) is 5.92 Å². The Bertz CT molecular complexity index is 486. The lowest BCUT2D eigenvalue weighted by Gasteiger charge is -2.31. The van der Waals surface area contributed by atoms with Crippen LogP contribution in [0.3, 0.4) is 0 Å². The van der Waals surface area contributed by atoms with Gasteiger partial charge in [0.1, 0.15) is 0 Å². The number of hydrogen-bond donors (Lipinski definition) is 0. The number of amides is 1. The Kier molecular flexibility index (Phi) is 12.0. The van der Waals surface area contributed by atoms with Crippen molar-refractivity contribution in [3.8, 4) is 0 Å². The highest BCUT2D eigenvalue weighted by atomic mass is 16.5. The fourth-order valence-electron chi connectivity index (χ4n) is 2.48. The number of carbonyl (C=O) groups excluding carboxylic acids is 1. The van der Waals surface area contributed by atoms with Crippen LogP contribution < -0.4 is 0 Å². The fraction of sp³-hybridized carbons (Fsp3) is 0.619. The van der Waals surface area contributed by atoms with Crippen molar-refractivity contribution in [3.63, 3.8) is 0 Å². The van der Waals surface area contributed by atoms with Gasteiger partial charge in [0.2, 0.25) is 0 Å². The summed E-state index contributed by atoms with van der Waals surface area (Å²) in [5.41, 5.74) is 5.02. The van der Waals surface area contributed by atoms with Crippen molar-refractivity contribution in [1.29, 1.82) is 0 Å². The summed E-state index contributed by atoms with van der Waals surface area (Å²) < 4.78 is 5.34. The largest absolute Gasteiger partial charge is 0.381 e. The van der Waals surface area contributed by atoms with Gasteiger partial charge in [-0.15, -0.1) is 5.73 Å². The van der Waals surface area contributed by atoms with Gasteiger partial charge in [-0.1, -0.05) is 47.6 Å². The summed E-state index contributed by atoms with van der Waals surface area (Å²) in [5, 5.41) is 0. The molecule has 3 nitrogen and oxygen atoms in total. The zero-order chi connectivity index (χ0) is 18.5. The Morgan fingerprint density at radius 3 is 2.21 bits per heavy atom. The van der Waals surface area contributed by atoms with Gasteiger partial charge in [0.15, 0.2) is 0 Å². The second-order valence-corrected chi connectivity index (χ2v) is 5.63. The summed E-state index contributed by atoms with van der Waals surface area (Å²) in [5.74, 6) is 0.542. The third kappa shape index (κ3) is 6.90. The van der Waals surface area contributed by atoms with E-state index in [1.54, 1.807) is 13.2 Å². The van der Waals surface area contributed by atoms with E-state index in [0.29, 0.717) is 17.6 Å². The number of carbonyl (C=O) groups is 1. The van der Waals surface area contributed by atoms with Crippen molar-refractivity contribution < 1.29 is 9.53 Å². The number of ether oxygens (including phenoxy) is 1. The highest BCUT2D eigenvalue weighted by molar-refractivity contribution is 5.96. The Labute approximate surface area is 148 Å². The Morgan fingerprint density at radius 1 is 1.12 bits per heavy atom. The first-order valence-corrected chi connectivity index (χ1v) is 9.28. The van der Waals surface area contributed by atoms with E-state index in [1.807, 2.05) is 50.8 Å². The van der Waals surface area contributed by atoms with Gasteiger partial charge in [-0.2, -0.15) is 0 Å². The molecule has 0 N–H and O–H groups in total. The van der Waals surface area contributed by atoms with Crippen molar-refractivity contribution in [3.05, 3.63) is 41.2 Å². The Hall–Kier alpha value is -1.57. The maximum absolute atomic E-state index is 12.5. The number of methoxy groups -OCH3 is 1. The van der Waals surface area contributed by atoms with E-state index < -0.39 is 0 Å². The third-order valence-electron chi connectivity index (χ3n) is 3.92. The molecule has 1 heterocycles. The van der Waals surface area contributed by atoms with Gasteiger partial charge in [0.05, 0.1) is 6.10 Å². The molecular formula is C21H35NO2. The molecule has 0 spiro atoms. The maximum Gasteiger partial charge on any atom is 0.254 e. The van der Waals surface area contributed by atoms with Gasteiger partial charge in [-0.3, -0.25) is 4.79 Å². The van der Waals surface area contributed by atoms with E-state index in [4.69, 9.17) is 4.74 Å². The van der Waals surface area contributed by atoms with Crippen molar-refractivity contribution in [2.45, 2.75) is 60.5 Å². The Morgan fingerprint density at radius 2 is 1.71 bits per heavy atom. The lowest BCUT2D eigenvalue weighted by atomic mass is 10.0. The van der Waals surface area contributed by atoms with Crippen LogP contribution in [0, 0.1) is 5.92 Å². The second kappa shape index (κ2) is 12.8. The summed E-state index contributed by atoms with van der Waals surface area (Å²) >= 11 is 0. The average molecular weight is 334 g/mol. The van der Waals surface area contributed by atoms with Crippen LogP contribution in [0.15, 0.2) is 41.2 Å². The van der Waals surface area contributed by atoms with Crippen LogP contribution in [0.25, 0.3) is 0 Å². The SMILES string of the molecule is CC.CC.COC1CCN(C(=O)C2=CC=C(C(C)C)C=C=C2)CC1. The van der Waals surface area contributed by atoms with E-state index in [-0.39, 0.29) is 5.91 Å². The van der Waals surface area contributed by atoms with E-state index in [0.717, 1.165) is 25.9 Å². The molecule has 1 aliphatic carbocycles. The molecule has 1 amide bonds. The van der Waals surface area contributed by atoms with Crippen molar-refractivity contribution >= 4 is 5.91 Å². The molecule has 0 atom stereocenters. The number of hydrogen-bond acceptors (Lipinski definition) is 2. The van der Waals surface area contributed by atoms with Crippen LogP contribution in [-0.4, -0.2) is 37.1 Å². The lowest BCUT2D eigenvalue weighted by molar-refractivity contribution is -0.129. The molecule has 0 aromatic heterocycles. The van der Waals surface area contributed by atoms with Gasteiger partial charge < -0.3 is 9.64 Å². The van der Waals surface area contributed by atoms with Gasteiger partial charge in [-0.05, 0) is 42.6 Å². The smallest absolute Gasteiger partial charge is 0.254 e. The van der Waals surface area contributed by atoms with Crippen molar-refractivity contribution in [2.75, 3.05) is 20.2 Å². The van der Waals surface area contributed by atoms with Gasteiger partial charge in [0, 0.05) is 25.8 Å². The Balaban J connectivity index is 0.00000123. The predicted octanol–water partition coefficient (Wildman–Crippen LogP) is 4.91. The van der Waals surface area contributed by atoms with E-state index in [9.17, 15) is 4.79 Å². The van der Waals surface area contributed by atoms with Crippen LogP contribution in [0.1, 0.15) is 54.4 Å². The molecule has 0 saturated carbocycles. The highest BCUT2D eigenvalue weighted by Gasteiger charge is 2.23. The van der Waals surface area contributed by atoms with Gasteiger partial charge >= 0.3 is 0 Å². The first-order valence-electron chi connectivity index (χ1n) is 9.28. The van der Waals surface area contributed by atoms with Crippen LogP contribution in [-0.2, 0) is 9.53 Å². The summed E-state index contributed by atoms with van der Waals surface area (Å²) in [6.07, 6.45) is 9.82. The minimum absolute atomic E-state index is 0.0988. The number of likely N-dealkylation sites (tertiary alicyclic amines) is 1. The molecule has 1 saturated heterocycles. The molecule has 2 aliphatic rings. The molecule has 0 bridgehead atoms. The maximum atomic E-state index is 12.5. The molecule has 2 rings (SSSR count). The summed E-state index contributed by atoms with van der Waals surface area (Å²) in [6.45, 7) is 13.8. The standard InChI is InChI=1S/C17H23NO2.2C2H6/c1-13(2)14-5-4-6-15(8-7-14)17(19)18-11-9-16(20-3)10-12-18;2*1-2/h5-8,13,16H,9-12H2,1-3H3;2*1-2H3. The van der Waals surface area contributed by atoms with E-state index >= 15 is 0 Å². The molecule has 0 aromatic carbocycles. The third-order valence-corrected chi connectivity index (χ3v) is 3.92. The number of piperidine rings is 1. The quantitative estimate of drug-likeness (QED) is 0.687. The molecule has 0 unspecified atom stereocenters. The first kappa shape index (κ1) is 22.4. The minimum atomic E-state index is 0.0988. The molecule has 24 heavy (non-hydrogen) atoms. The number of allylic oxidation sites excluding steroid dienone is 3. The second-order valence-electron chi connectivity index (χ2n) is 5.63. The van der Waals surface area contributed by atoms with Crippen LogP contribution >= 0.6 is 0 Å². The van der Waals surface area contributed by atoms with E-state index in [1.165, 1.54) is 5.57 Å². The molecule has 0 radical (unpaired) electrons. The van der Waals surface area contributed by atoms with Gasteiger partial charge in [-0.25, -0.2) is 0 Å². The lowest BCUT2D eigenvalue weighted by Crippen LogP contribution is -2.41. The molecule has 1 aliphatic heterocycles. The average Bonchev–Trinajstić information content (AvgIpc) is 2.91. The molecule has 1 fully saturated rings. The first-order chi connectivity index (χ1) is 11.6. The predicted molar refractivity (Wildman–Crippen MR) is 103 cm³/mol. The number of rotatable bonds is 3. The topological polar surface area (TPSA) is 29.5 Å². The number of nitrogens with zero attached hydrogens (tertiary/aromatic N) is 1. The van der Waals surface area contributed by atoms with Crippen LogP contribution in [0.4, 0.5) is 0 Å². The van der Waals surface area contributed by atoms with Gasteiger partial charge in [0.25, 0.3) is 5.91 Å². The monoisotopic (exact) mass is 333 g/mol. The fourth-order valence-corrected chi connectivity index (χ4v) is 2.48. The molecule has 3 heteroatoms. The molecular weight excluding hydrogens is 298 g/mol. The van der Waals surface area contributed by atoms with Crippen molar-refractivity contribution in [1.82, 2.24) is 4.90 Å². The van der Waals surface area contributed by atoms with E-state index in [2.05, 4.69) is 19.6 Å². The summed E-state index contributed by atoms with van der Waals surface area (Å²) in [6, 6.07) is 0. The van der Waals surface area contributed by atoms with Crippen LogP contribution in [0.5, 0.6) is 0 Å². The highest BCUT2D eigenvalue weighted by Crippen LogP contribution is 2.18. The normalized spacial score (nSPS) is 17.1. The zero-order valence-electron chi connectivity index (χ0n) is 16.6. The minimum Gasteiger partial charge on any atom is -0.381 e.